The largest absolute Gasteiger partial charge is 0.457 e. The van der Waals surface area contributed by atoms with Crippen LogP contribution in [0, 0.1) is 34.6 Å². The van der Waals surface area contributed by atoms with Crippen LogP contribution in [0.2, 0.25) is 0 Å². The lowest BCUT2D eigenvalue weighted by Gasteiger charge is -2.16. The minimum atomic E-state index is 0.441. The van der Waals surface area contributed by atoms with Crippen LogP contribution in [0.5, 0.6) is 0 Å². The second-order valence-electron chi connectivity index (χ2n) is 7.45. The lowest BCUT2D eigenvalue weighted by molar-refractivity contribution is 0.578. The van der Waals surface area contributed by atoms with Gasteiger partial charge in [-0.2, -0.15) is 0 Å². The molecule has 0 bridgehead atoms. The summed E-state index contributed by atoms with van der Waals surface area (Å²) in [6, 6.07) is 7.01. The van der Waals surface area contributed by atoms with Crippen LogP contribution >= 0.6 is 0 Å². The monoisotopic (exact) mass is 350 g/mol. The molecule has 3 aromatic rings. The first-order valence-electron chi connectivity index (χ1n) is 9.61. The van der Waals surface area contributed by atoms with Crippen LogP contribution in [-0.2, 0) is 0 Å². The minimum absolute atomic E-state index is 0.441. The van der Waals surface area contributed by atoms with E-state index >= 15 is 0 Å². The van der Waals surface area contributed by atoms with Gasteiger partial charge in [-0.05, 0) is 70.2 Å². The Hall–Kier alpha value is -2.29. The van der Waals surface area contributed by atoms with Gasteiger partial charge in [0, 0.05) is 17.3 Å². The third kappa shape index (κ3) is 3.23. The molecular formula is C23H30N2O. The minimum Gasteiger partial charge on any atom is -0.457 e. The van der Waals surface area contributed by atoms with Crippen molar-refractivity contribution in [3.05, 3.63) is 46.3 Å². The van der Waals surface area contributed by atoms with E-state index in [0.717, 1.165) is 46.6 Å². The summed E-state index contributed by atoms with van der Waals surface area (Å²) >= 11 is 0. The first kappa shape index (κ1) is 18.5. The number of benzene rings is 1. The number of hydrogen-bond acceptors (Lipinski definition) is 3. The summed E-state index contributed by atoms with van der Waals surface area (Å²) in [5.41, 5.74) is 10.1. The molecule has 0 atom stereocenters. The van der Waals surface area contributed by atoms with Crippen molar-refractivity contribution < 1.29 is 4.42 Å². The van der Waals surface area contributed by atoms with Gasteiger partial charge in [0.25, 0.3) is 0 Å². The molecule has 0 radical (unpaired) electrons. The summed E-state index contributed by atoms with van der Waals surface area (Å²) in [6.45, 7) is 15.0. The third-order valence-corrected chi connectivity index (χ3v) is 5.22. The number of furan rings is 1. The van der Waals surface area contributed by atoms with Crippen molar-refractivity contribution in [2.75, 3.05) is 5.32 Å². The molecule has 3 heteroatoms. The van der Waals surface area contributed by atoms with Crippen molar-refractivity contribution >= 4 is 16.8 Å². The van der Waals surface area contributed by atoms with Gasteiger partial charge in [-0.3, -0.25) is 0 Å². The van der Waals surface area contributed by atoms with Crippen molar-refractivity contribution in [3.8, 4) is 11.1 Å². The molecule has 0 spiro atoms. The quantitative estimate of drug-likeness (QED) is 0.560. The highest BCUT2D eigenvalue weighted by Crippen LogP contribution is 2.40. The SMILES string of the molecule is CCC(CC)Nc1cc(C)nc2c(-c3c(C)cc(C)cc3C)c(C)oc12. The van der Waals surface area contributed by atoms with Crippen LogP contribution in [0.25, 0.3) is 22.2 Å². The fourth-order valence-corrected chi connectivity index (χ4v) is 3.99. The van der Waals surface area contributed by atoms with Gasteiger partial charge in [-0.1, -0.05) is 31.5 Å². The second-order valence-corrected chi connectivity index (χ2v) is 7.45. The fourth-order valence-electron chi connectivity index (χ4n) is 3.99. The summed E-state index contributed by atoms with van der Waals surface area (Å²) in [7, 11) is 0. The van der Waals surface area contributed by atoms with Gasteiger partial charge in [0.2, 0.25) is 0 Å². The zero-order chi connectivity index (χ0) is 19.0. The molecule has 26 heavy (non-hydrogen) atoms. The molecule has 1 N–H and O–H groups in total. The summed E-state index contributed by atoms with van der Waals surface area (Å²) in [4.78, 5) is 4.86. The molecule has 2 heterocycles. The number of fused-ring (bicyclic) bond motifs is 1. The van der Waals surface area contributed by atoms with E-state index in [0.29, 0.717) is 6.04 Å². The van der Waals surface area contributed by atoms with Crippen LogP contribution in [-0.4, -0.2) is 11.0 Å². The van der Waals surface area contributed by atoms with E-state index in [1.165, 1.54) is 22.3 Å². The van der Waals surface area contributed by atoms with Crippen LogP contribution in [0.3, 0.4) is 0 Å². The van der Waals surface area contributed by atoms with Gasteiger partial charge in [-0.25, -0.2) is 4.98 Å². The Bertz CT molecular complexity index is 925. The Balaban J connectivity index is 2.26. The molecule has 0 unspecified atom stereocenters. The zero-order valence-electron chi connectivity index (χ0n) is 17.1. The molecule has 0 aliphatic carbocycles. The topological polar surface area (TPSA) is 38.1 Å². The maximum atomic E-state index is 6.24. The van der Waals surface area contributed by atoms with E-state index < -0.39 is 0 Å². The number of pyridine rings is 1. The van der Waals surface area contributed by atoms with Gasteiger partial charge in [0.05, 0.1) is 5.69 Å². The summed E-state index contributed by atoms with van der Waals surface area (Å²) in [6.07, 6.45) is 2.17. The molecule has 0 saturated carbocycles. The Labute approximate surface area is 156 Å². The van der Waals surface area contributed by atoms with E-state index in [4.69, 9.17) is 9.40 Å². The normalized spacial score (nSPS) is 11.5. The number of hydrogen-bond donors (Lipinski definition) is 1. The number of nitrogens with zero attached hydrogens (tertiary/aromatic N) is 1. The predicted molar refractivity (Wildman–Crippen MR) is 111 cm³/mol. The maximum absolute atomic E-state index is 6.24. The van der Waals surface area contributed by atoms with Crippen molar-refractivity contribution in [2.24, 2.45) is 0 Å². The number of nitrogens with one attached hydrogen (secondary N) is 1. The smallest absolute Gasteiger partial charge is 0.176 e. The van der Waals surface area contributed by atoms with Crippen LogP contribution in [0.4, 0.5) is 5.69 Å². The van der Waals surface area contributed by atoms with Crippen molar-refractivity contribution in [2.45, 2.75) is 67.3 Å². The molecular weight excluding hydrogens is 320 g/mol. The van der Waals surface area contributed by atoms with E-state index in [1.807, 2.05) is 6.92 Å². The Morgan fingerprint density at radius 1 is 0.923 bits per heavy atom. The molecule has 1 aromatic carbocycles. The van der Waals surface area contributed by atoms with Gasteiger partial charge < -0.3 is 9.73 Å². The van der Waals surface area contributed by atoms with Crippen molar-refractivity contribution in [1.29, 1.82) is 0 Å². The summed E-state index contributed by atoms with van der Waals surface area (Å²) < 4.78 is 6.24. The molecule has 0 aliphatic rings. The fraction of sp³-hybridized carbons (Fsp3) is 0.435. The van der Waals surface area contributed by atoms with E-state index in [2.05, 4.69) is 65.1 Å². The highest BCUT2D eigenvalue weighted by molar-refractivity contribution is 6.00. The lowest BCUT2D eigenvalue weighted by atomic mass is 9.93. The molecule has 3 nitrogen and oxygen atoms in total. The van der Waals surface area contributed by atoms with Gasteiger partial charge in [0.1, 0.15) is 11.3 Å². The van der Waals surface area contributed by atoms with Gasteiger partial charge in [0.15, 0.2) is 5.58 Å². The average Bonchev–Trinajstić information content (AvgIpc) is 2.88. The summed E-state index contributed by atoms with van der Waals surface area (Å²) in [5, 5.41) is 3.66. The first-order valence-corrected chi connectivity index (χ1v) is 9.61. The number of anilines is 1. The molecule has 2 aromatic heterocycles. The molecule has 3 rings (SSSR count). The van der Waals surface area contributed by atoms with Crippen LogP contribution in [0.15, 0.2) is 22.6 Å². The maximum Gasteiger partial charge on any atom is 0.176 e. The molecule has 0 saturated heterocycles. The number of aromatic nitrogens is 1. The predicted octanol–water partition coefficient (Wildman–Crippen LogP) is 6.64. The Morgan fingerprint density at radius 3 is 2.12 bits per heavy atom. The van der Waals surface area contributed by atoms with E-state index in [9.17, 15) is 0 Å². The lowest BCUT2D eigenvalue weighted by Crippen LogP contribution is -2.17. The Kier molecular flexibility index (Phi) is 5.08. The van der Waals surface area contributed by atoms with E-state index in [-0.39, 0.29) is 0 Å². The molecule has 138 valence electrons. The van der Waals surface area contributed by atoms with Crippen molar-refractivity contribution in [3.63, 3.8) is 0 Å². The van der Waals surface area contributed by atoms with Crippen molar-refractivity contribution in [1.82, 2.24) is 4.98 Å². The van der Waals surface area contributed by atoms with Gasteiger partial charge >= 0.3 is 0 Å². The highest BCUT2D eigenvalue weighted by Gasteiger charge is 2.21. The van der Waals surface area contributed by atoms with Crippen LogP contribution in [0.1, 0.15) is 54.8 Å². The molecule has 0 amide bonds. The summed E-state index contributed by atoms with van der Waals surface area (Å²) in [5.74, 6) is 0.931. The number of aryl methyl sites for hydroxylation is 5. The molecule has 0 fully saturated rings. The first-order chi connectivity index (χ1) is 12.3. The third-order valence-electron chi connectivity index (χ3n) is 5.22. The standard InChI is InChI=1S/C23H30N2O/c1-8-18(9-2)25-19-12-16(6)24-22-21(17(7)26-23(19)22)20-14(4)10-13(3)11-15(20)5/h10-12,18H,8-9H2,1-7H3,(H,24,25). The number of rotatable bonds is 5. The zero-order valence-corrected chi connectivity index (χ0v) is 17.1. The highest BCUT2D eigenvalue weighted by atomic mass is 16.3. The van der Waals surface area contributed by atoms with Crippen LogP contribution < -0.4 is 5.32 Å². The second kappa shape index (κ2) is 7.14. The average molecular weight is 351 g/mol. The Morgan fingerprint density at radius 2 is 1.54 bits per heavy atom. The van der Waals surface area contributed by atoms with Gasteiger partial charge in [-0.15, -0.1) is 0 Å². The van der Waals surface area contributed by atoms with E-state index in [1.54, 1.807) is 0 Å². The molecule has 0 aliphatic heterocycles.